The number of nitrogens with two attached hydrogens (primary N) is 1. The van der Waals surface area contributed by atoms with Crippen molar-refractivity contribution in [1.82, 2.24) is 9.78 Å². The van der Waals surface area contributed by atoms with Gasteiger partial charge in [0.15, 0.2) is 11.7 Å². The zero-order valence-corrected chi connectivity index (χ0v) is 11.9. The van der Waals surface area contributed by atoms with Crippen LogP contribution in [0.4, 0.5) is 4.39 Å². The fraction of sp³-hybridized carbons (Fsp3) is 0.167. The topological polar surface area (TPSA) is 76.4 Å². The number of amidine groups is 1. The van der Waals surface area contributed by atoms with E-state index in [1.165, 1.54) is 10.7 Å². The van der Waals surface area contributed by atoms with Crippen LogP contribution in [0.1, 0.15) is 17.0 Å². The quantitative estimate of drug-likeness (QED) is 0.385. The summed E-state index contributed by atoms with van der Waals surface area (Å²) in [6.07, 6.45) is 0. The number of hydrogen-bond donors (Lipinski definition) is 2. The highest BCUT2D eigenvalue weighted by molar-refractivity contribution is 9.10. The van der Waals surface area contributed by atoms with Gasteiger partial charge in [0.1, 0.15) is 5.69 Å². The predicted octanol–water partition coefficient (Wildman–Crippen LogP) is 2.49. The summed E-state index contributed by atoms with van der Waals surface area (Å²) in [7, 11) is 0. The minimum absolute atomic E-state index is 0.132. The van der Waals surface area contributed by atoms with Gasteiger partial charge < -0.3 is 10.9 Å². The van der Waals surface area contributed by atoms with Gasteiger partial charge in [-0.15, -0.1) is 0 Å². The van der Waals surface area contributed by atoms with E-state index >= 15 is 0 Å². The molecule has 1 aromatic carbocycles. The first kappa shape index (κ1) is 13.5. The molecule has 0 amide bonds. The standard InChI is InChI=1S/C12H12BrFN4O/c1-6-5-7(2)18(16-6)9-4-3-8(12(15)17-19)10(13)11(9)14/h3-5,19H,1-2H3,(H2,15,17). The molecule has 0 aliphatic carbocycles. The molecule has 0 saturated heterocycles. The molecule has 0 fully saturated rings. The molecule has 0 unspecified atom stereocenters. The van der Waals surface area contributed by atoms with Crippen LogP contribution in [-0.4, -0.2) is 20.8 Å². The maximum atomic E-state index is 14.3. The average molecular weight is 327 g/mol. The highest BCUT2D eigenvalue weighted by Gasteiger charge is 2.16. The van der Waals surface area contributed by atoms with Crippen LogP contribution in [0.3, 0.4) is 0 Å². The molecule has 0 radical (unpaired) electrons. The third-order valence-electron chi connectivity index (χ3n) is 2.68. The third-order valence-corrected chi connectivity index (χ3v) is 3.46. The zero-order valence-electron chi connectivity index (χ0n) is 10.4. The van der Waals surface area contributed by atoms with Gasteiger partial charge in [0.2, 0.25) is 0 Å². The molecule has 100 valence electrons. The number of hydrogen-bond acceptors (Lipinski definition) is 3. The van der Waals surface area contributed by atoms with Crippen molar-refractivity contribution >= 4 is 21.8 Å². The number of halogens is 2. The summed E-state index contributed by atoms with van der Waals surface area (Å²) in [5, 5.41) is 15.7. The lowest BCUT2D eigenvalue weighted by Gasteiger charge is -2.10. The van der Waals surface area contributed by atoms with Crippen molar-refractivity contribution in [2.75, 3.05) is 0 Å². The van der Waals surface area contributed by atoms with Crippen molar-refractivity contribution in [2.24, 2.45) is 10.9 Å². The Labute approximate surface area is 117 Å². The average Bonchev–Trinajstić information content (AvgIpc) is 2.71. The Balaban J connectivity index is 2.62. The van der Waals surface area contributed by atoms with E-state index in [0.29, 0.717) is 5.69 Å². The van der Waals surface area contributed by atoms with E-state index in [1.54, 1.807) is 6.07 Å². The van der Waals surface area contributed by atoms with Crippen LogP contribution in [0.5, 0.6) is 0 Å². The zero-order chi connectivity index (χ0) is 14.2. The van der Waals surface area contributed by atoms with E-state index in [9.17, 15) is 4.39 Å². The monoisotopic (exact) mass is 326 g/mol. The van der Waals surface area contributed by atoms with Gasteiger partial charge in [-0.25, -0.2) is 9.07 Å². The van der Waals surface area contributed by atoms with Gasteiger partial charge in [-0.2, -0.15) is 5.10 Å². The molecule has 0 spiro atoms. The molecule has 5 nitrogen and oxygen atoms in total. The highest BCUT2D eigenvalue weighted by atomic mass is 79.9. The molecule has 0 bridgehead atoms. The van der Waals surface area contributed by atoms with E-state index in [2.05, 4.69) is 26.2 Å². The number of rotatable bonds is 2. The van der Waals surface area contributed by atoms with Crippen molar-refractivity contribution in [2.45, 2.75) is 13.8 Å². The normalized spacial score (nSPS) is 11.9. The SMILES string of the molecule is Cc1cc(C)n(-c2ccc(/C(N)=N/O)c(Br)c2F)n1. The Bertz CT molecular complexity index is 666. The van der Waals surface area contributed by atoms with Gasteiger partial charge in [-0.1, -0.05) is 5.16 Å². The van der Waals surface area contributed by atoms with E-state index in [0.717, 1.165) is 11.4 Å². The largest absolute Gasteiger partial charge is 0.409 e. The van der Waals surface area contributed by atoms with E-state index < -0.39 is 5.82 Å². The van der Waals surface area contributed by atoms with Crippen LogP contribution in [0, 0.1) is 19.7 Å². The van der Waals surface area contributed by atoms with Crippen molar-refractivity contribution in [1.29, 1.82) is 0 Å². The summed E-state index contributed by atoms with van der Waals surface area (Å²) >= 11 is 3.11. The smallest absolute Gasteiger partial charge is 0.171 e. The highest BCUT2D eigenvalue weighted by Crippen LogP contribution is 2.26. The maximum absolute atomic E-state index is 14.3. The molecule has 0 aliphatic heterocycles. The summed E-state index contributed by atoms with van der Waals surface area (Å²) in [4.78, 5) is 0. The van der Waals surface area contributed by atoms with Crippen LogP contribution >= 0.6 is 15.9 Å². The number of aromatic nitrogens is 2. The van der Waals surface area contributed by atoms with E-state index in [-0.39, 0.29) is 15.9 Å². The van der Waals surface area contributed by atoms with Crippen LogP contribution in [-0.2, 0) is 0 Å². The van der Waals surface area contributed by atoms with Crippen LogP contribution < -0.4 is 5.73 Å². The van der Waals surface area contributed by atoms with Crippen molar-refractivity contribution in [3.8, 4) is 5.69 Å². The Kier molecular flexibility index (Phi) is 3.57. The van der Waals surface area contributed by atoms with Gasteiger partial charge >= 0.3 is 0 Å². The molecule has 1 heterocycles. The first-order valence-electron chi connectivity index (χ1n) is 5.45. The molecule has 7 heteroatoms. The molecule has 19 heavy (non-hydrogen) atoms. The summed E-state index contributed by atoms with van der Waals surface area (Å²) in [6, 6.07) is 4.95. The van der Waals surface area contributed by atoms with E-state index in [4.69, 9.17) is 10.9 Å². The summed E-state index contributed by atoms with van der Waals surface area (Å²) in [5.74, 6) is -0.680. The van der Waals surface area contributed by atoms with Crippen LogP contribution in [0.2, 0.25) is 0 Å². The van der Waals surface area contributed by atoms with Gasteiger partial charge in [-0.3, -0.25) is 0 Å². The van der Waals surface area contributed by atoms with Crippen LogP contribution in [0.25, 0.3) is 5.69 Å². The Morgan fingerprint density at radius 2 is 2.16 bits per heavy atom. The Morgan fingerprint density at radius 3 is 2.68 bits per heavy atom. The molecule has 1 aromatic heterocycles. The first-order chi connectivity index (χ1) is 8.95. The third kappa shape index (κ3) is 2.33. The molecule has 0 saturated carbocycles. The van der Waals surface area contributed by atoms with Crippen molar-refractivity contribution < 1.29 is 9.60 Å². The predicted molar refractivity (Wildman–Crippen MR) is 73.2 cm³/mol. The van der Waals surface area contributed by atoms with E-state index in [1.807, 2.05) is 19.9 Å². The first-order valence-corrected chi connectivity index (χ1v) is 6.24. The number of nitrogens with zero attached hydrogens (tertiary/aromatic N) is 3. The molecule has 3 N–H and O–H groups in total. The Morgan fingerprint density at radius 1 is 1.47 bits per heavy atom. The van der Waals surface area contributed by atoms with Crippen molar-refractivity contribution in [3.05, 3.63) is 45.4 Å². The van der Waals surface area contributed by atoms with Gasteiger partial charge in [0.05, 0.1) is 10.2 Å². The van der Waals surface area contributed by atoms with Gasteiger partial charge in [0, 0.05) is 11.3 Å². The lowest BCUT2D eigenvalue weighted by molar-refractivity contribution is 0.318. The fourth-order valence-electron chi connectivity index (χ4n) is 1.83. The Hall–Kier alpha value is -1.89. The second-order valence-electron chi connectivity index (χ2n) is 4.08. The lowest BCUT2D eigenvalue weighted by Crippen LogP contribution is -2.15. The number of benzene rings is 1. The molecule has 2 aromatic rings. The lowest BCUT2D eigenvalue weighted by atomic mass is 10.2. The van der Waals surface area contributed by atoms with Crippen molar-refractivity contribution in [3.63, 3.8) is 0 Å². The molecule has 2 rings (SSSR count). The second kappa shape index (κ2) is 5.00. The minimum Gasteiger partial charge on any atom is -0.409 e. The molecule has 0 atom stereocenters. The summed E-state index contributed by atoms with van der Waals surface area (Å²) in [6.45, 7) is 3.67. The second-order valence-corrected chi connectivity index (χ2v) is 4.88. The van der Waals surface area contributed by atoms with Crippen LogP contribution in [0.15, 0.2) is 27.8 Å². The van der Waals surface area contributed by atoms with Gasteiger partial charge in [0.25, 0.3) is 0 Å². The number of oxime groups is 1. The fourth-order valence-corrected chi connectivity index (χ4v) is 2.37. The minimum atomic E-state index is -0.518. The molecular weight excluding hydrogens is 315 g/mol. The molecular formula is C12H12BrFN4O. The summed E-state index contributed by atoms with van der Waals surface area (Å²) < 4.78 is 16.0. The maximum Gasteiger partial charge on any atom is 0.171 e. The van der Waals surface area contributed by atoms with Gasteiger partial charge in [-0.05, 0) is 48.0 Å². The molecule has 0 aliphatic rings. The summed E-state index contributed by atoms with van der Waals surface area (Å²) in [5.41, 5.74) is 7.67. The number of aryl methyl sites for hydroxylation is 2.